The van der Waals surface area contributed by atoms with Gasteiger partial charge in [-0.2, -0.15) is 0 Å². The van der Waals surface area contributed by atoms with Crippen LogP contribution in [0.25, 0.3) is 0 Å². The fourth-order valence-corrected chi connectivity index (χ4v) is 2.36. The Hall–Kier alpha value is -2.49. The molecule has 4 nitrogen and oxygen atoms in total. The molecule has 23 heavy (non-hydrogen) atoms. The van der Waals surface area contributed by atoms with Gasteiger partial charge in [-0.3, -0.25) is 4.79 Å². The Morgan fingerprint density at radius 1 is 1.22 bits per heavy atom. The van der Waals surface area contributed by atoms with Crippen LogP contribution in [-0.4, -0.2) is 12.5 Å². The molecule has 0 heterocycles. The van der Waals surface area contributed by atoms with E-state index in [1.807, 2.05) is 43.3 Å². The van der Waals surface area contributed by atoms with Gasteiger partial charge in [0.1, 0.15) is 12.4 Å². The number of amides is 1. The van der Waals surface area contributed by atoms with E-state index in [1.165, 1.54) is 5.56 Å². The molecule has 2 aromatic carbocycles. The summed E-state index contributed by atoms with van der Waals surface area (Å²) in [4.78, 5) is 11.5. The number of ether oxygens (including phenoxy) is 1. The van der Waals surface area contributed by atoms with Crippen LogP contribution in [-0.2, 0) is 17.8 Å². The normalized spacial score (nSPS) is 10.3. The zero-order chi connectivity index (χ0) is 16.7. The summed E-state index contributed by atoms with van der Waals surface area (Å²) in [6.45, 7) is 5.13. The molecule has 122 valence electrons. The molecular weight excluding hydrogens is 288 g/mol. The standard InChI is InChI=1S/C19H24N2O2/c1-3-21-19(22)11-9-15-8-10-18(17(20)12-15)23-13-16-7-5-4-6-14(16)2/h4-8,10,12H,3,9,11,13,20H2,1-2H3,(H,21,22). The van der Waals surface area contributed by atoms with Crippen molar-refractivity contribution in [2.75, 3.05) is 12.3 Å². The van der Waals surface area contributed by atoms with Crippen LogP contribution in [0.2, 0.25) is 0 Å². The third kappa shape index (κ3) is 5.02. The van der Waals surface area contributed by atoms with E-state index in [-0.39, 0.29) is 5.91 Å². The Morgan fingerprint density at radius 2 is 2.00 bits per heavy atom. The van der Waals surface area contributed by atoms with Gasteiger partial charge in [-0.25, -0.2) is 0 Å². The smallest absolute Gasteiger partial charge is 0.220 e. The molecule has 1 amide bonds. The molecule has 0 atom stereocenters. The highest BCUT2D eigenvalue weighted by atomic mass is 16.5. The average Bonchev–Trinajstić information content (AvgIpc) is 2.54. The highest BCUT2D eigenvalue weighted by molar-refractivity contribution is 5.76. The van der Waals surface area contributed by atoms with E-state index < -0.39 is 0 Å². The molecule has 0 aliphatic heterocycles. The largest absolute Gasteiger partial charge is 0.487 e. The molecular formula is C19H24N2O2. The number of hydrogen-bond acceptors (Lipinski definition) is 3. The lowest BCUT2D eigenvalue weighted by atomic mass is 10.1. The molecule has 2 aromatic rings. The first-order chi connectivity index (χ1) is 11.1. The van der Waals surface area contributed by atoms with Crippen molar-refractivity contribution in [3.8, 4) is 5.75 Å². The van der Waals surface area contributed by atoms with Crippen molar-refractivity contribution in [2.45, 2.75) is 33.3 Å². The second-order valence-corrected chi connectivity index (χ2v) is 5.54. The minimum absolute atomic E-state index is 0.0611. The first-order valence-electron chi connectivity index (χ1n) is 7.92. The van der Waals surface area contributed by atoms with Gasteiger partial charge in [0.15, 0.2) is 0 Å². The van der Waals surface area contributed by atoms with Gasteiger partial charge in [0.05, 0.1) is 5.69 Å². The van der Waals surface area contributed by atoms with Crippen molar-refractivity contribution in [3.63, 3.8) is 0 Å². The van der Waals surface area contributed by atoms with E-state index in [1.54, 1.807) is 0 Å². The summed E-state index contributed by atoms with van der Waals surface area (Å²) in [5.74, 6) is 0.737. The number of nitrogen functional groups attached to an aromatic ring is 1. The number of benzene rings is 2. The number of carbonyl (C=O) groups excluding carboxylic acids is 1. The highest BCUT2D eigenvalue weighted by Gasteiger charge is 2.06. The summed E-state index contributed by atoms with van der Waals surface area (Å²) < 4.78 is 5.82. The fourth-order valence-electron chi connectivity index (χ4n) is 2.36. The van der Waals surface area contributed by atoms with Crippen molar-refractivity contribution in [3.05, 3.63) is 59.2 Å². The van der Waals surface area contributed by atoms with Crippen LogP contribution in [0.15, 0.2) is 42.5 Å². The van der Waals surface area contributed by atoms with Gasteiger partial charge in [-0.15, -0.1) is 0 Å². The van der Waals surface area contributed by atoms with Crippen LogP contribution < -0.4 is 15.8 Å². The van der Waals surface area contributed by atoms with Gasteiger partial charge in [-0.1, -0.05) is 30.3 Å². The van der Waals surface area contributed by atoms with E-state index >= 15 is 0 Å². The third-order valence-corrected chi connectivity index (χ3v) is 3.73. The van der Waals surface area contributed by atoms with Gasteiger partial charge in [-0.05, 0) is 49.1 Å². The molecule has 3 N–H and O–H groups in total. The molecule has 0 radical (unpaired) electrons. The molecule has 0 saturated heterocycles. The summed E-state index contributed by atoms with van der Waals surface area (Å²) in [5.41, 5.74) is 10.0. The molecule has 0 aliphatic rings. The molecule has 0 saturated carbocycles. The minimum atomic E-state index is 0.0611. The van der Waals surface area contributed by atoms with Gasteiger partial charge >= 0.3 is 0 Å². The Labute approximate surface area is 137 Å². The Bertz CT molecular complexity index is 668. The topological polar surface area (TPSA) is 64.3 Å². The first kappa shape index (κ1) is 16.9. The summed E-state index contributed by atoms with van der Waals surface area (Å²) >= 11 is 0. The average molecular weight is 312 g/mol. The Kier molecular flexibility index (Phi) is 6.03. The van der Waals surface area contributed by atoms with E-state index in [9.17, 15) is 4.79 Å². The quantitative estimate of drug-likeness (QED) is 0.772. The number of anilines is 1. The number of carbonyl (C=O) groups is 1. The van der Waals surface area contributed by atoms with Crippen molar-refractivity contribution < 1.29 is 9.53 Å². The summed E-state index contributed by atoms with van der Waals surface area (Å²) in [7, 11) is 0. The maximum atomic E-state index is 11.5. The SMILES string of the molecule is CCNC(=O)CCc1ccc(OCc2ccccc2C)c(N)c1. The summed E-state index contributed by atoms with van der Waals surface area (Å²) in [5, 5.41) is 2.79. The van der Waals surface area contributed by atoms with Gasteiger partial charge in [0.25, 0.3) is 0 Å². The lowest BCUT2D eigenvalue weighted by Gasteiger charge is -2.12. The summed E-state index contributed by atoms with van der Waals surface area (Å²) in [6, 6.07) is 13.8. The van der Waals surface area contributed by atoms with E-state index in [2.05, 4.69) is 18.3 Å². The van der Waals surface area contributed by atoms with Gasteiger partial charge in [0.2, 0.25) is 5.91 Å². The van der Waals surface area contributed by atoms with Gasteiger partial charge in [0, 0.05) is 13.0 Å². The maximum absolute atomic E-state index is 11.5. The predicted octanol–water partition coefficient (Wildman–Crippen LogP) is 3.22. The van der Waals surface area contributed by atoms with Crippen molar-refractivity contribution >= 4 is 11.6 Å². The maximum Gasteiger partial charge on any atom is 0.220 e. The lowest BCUT2D eigenvalue weighted by molar-refractivity contribution is -0.120. The molecule has 0 aromatic heterocycles. The van der Waals surface area contributed by atoms with E-state index in [0.29, 0.717) is 37.4 Å². The zero-order valence-electron chi connectivity index (χ0n) is 13.8. The monoisotopic (exact) mass is 312 g/mol. The van der Waals surface area contributed by atoms with E-state index in [0.717, 1.165) is 11.1 Å². The fraction of sp³-hybridized carbons (Fsp3) is 0.316. The summed E-state index contributed by atoms with van der Waals surface area (Å²) in [6.07, 6.45) is 1.14. The van der Waals surface area contributed by atoms with Crippen molar-refractivity contribution in [1.29, 1.82) is 0 Å². The molecule has 0 aliphatic carbocycles. The highest BCUT2D eigenvalue weighted by Crippen LogP contribution is 2.24. The number of hydrogen-bond donors (Lipinski definition) is 2. The predicted molar refractivity (Wildman–Crippen MR) is 93.4 cm³/mol. The van der Waals surface area contributed by atoms with Gasteiger partial charge < -0.3 is 15.8 Å². The zero-order valence-corrected chi connectivity index (χ0v) is 13.8. The van der Waals surface area contributed by atoms with Crippen LogP contribution in [0.1, 0.15) is 30.0 Å². The Morgan fingerprint density at radius 3 is 2.70 bits per heavy atom. The van der Waals surface area contributed by atoms with Crippen LogP contribution in [0, 0.1) is 6.92 Å². The number of nitrogens with one attached hydrogen (secondary N) is 1. The number of aryl methyl sites for hydroxylation is 2. The number of rotatable bonds is 7. The lowest BCUT2D eigenvalue weighted by Crippen LogP contribution is -2.22. The molecule has 0 fully saturated rings. The van der Waals surface area contributed by atoms with Crippen LogP contribution in [0.3, 0.4) is 0 Å². The second-order valence-electron chi connectivity index (χ2n) is 5.54. The first-order valence-corrected chi connectivity index (χ1v) is 7.92. The molecule has 0 unspecified atom stereocenters. The molecule has 0 spiro atoms. The van der Waals surface area contributed by atoms with Crippen LogP contribution >= 0.6 is 0 Å². The number of nitrogens with two attached hydrogens (primary N) is 1. The second kappa shape index (κ2) is 8.22. The third-order valence-electron chi connectivity index (χ3n) is 3.73. The molecule has 4 heteroatoms. The van der Waals surface area contributed by atoms with Crippen molar-refractivity contribution in [1.82, 2.24) is 5.32 Å². The van der Waals surface area contributed by atoms with Crippen molar-refractivity contribution in [2.24, 2.45) is 0 Å². The minimum Gasteiger partial charge on any atom is -0.487 e. The molecule has 0 bridgehead atoms. The van der Waals surface area contributed by atoms with E-state index in [4.69, 9.17) is 10.5 Å². The van der Waals surface area contributed by atoms with Crippen LogP contribution in [0.5, 0.6) is 5.75 Å². The Balaban J connectivity index is 1.94. The molecule has 2 rings (SSSR count). The van der Waals surface area contributed by atoms with Crippen LogP contribution in [0.4, 0.5) is 5.69 Å².